The van der Waals surface area contributed by atoms with Crippen LogP contribution in [0.4, 0.5) is 11.4 Å². The predicted molar refractivity (Wildman–Crippen MR) is 185 cm³/mol. The molecule has 0 aromatic heterocycles. The van der Waals surface area contributed by atoms with E-state index in [1.807, 2.05) is 25.1 Å². The largest absolute Gasteiger partial charge is 0.459 e. The standard InChI is InChI=1S/C38H47N3O7/c1-2-47-38-30(17-20-45-22-23-46-21-19-42)32(29-13-9-12-28-27-11-4-3-10-26(27)24-31(28)29)25-35(48-38)37(44)40-18-8-7-16-36(43)41-34-15-6-5-14-33(34)39/h3-6,9-15,25,30,32,38,42H,2,7-8,16-24,39H2,1H3,(H,40,44)(H,41,43)/t30-,32+,38+/m1/s1. The molecule has 1 aliphatic heterocycles. The minimum atomic E-state index is -0.645. The van der Waals surface area contributed by atoms with Crippen LogP contribution < -0.4 is 16.4 Å². The molecule has 0 radical (unpaired) electrons. The minimum absolute atomic E-state index is 0.0213. The maximum absolute atomic E-state index is 13.5. The number of anilines is 2. The zero-order chi connectivity index (χ0) is 33.7. The molecule has 1 heterocycles. The second-order valence-electron chi connectivity index (χ2n) is 12.0. The van der Waals surface area contributed by atoms with Crippen LogP contribution in [-0.4, -0.2) is 69.4 Å². The van der Waals surface area contributed by atoms with Crippen molar-refractivity contribution in [3.05, 3.63) is 95.3 Å². The SMILES string of the molecule is CCO[C@H]1OC(C(=O)NCCCCC(=O)Nc2ccccc2N)=C[C@@H](c2cccc3c2Cc2ccccc2-3)[C@H]1CCOCCOCCO. The lowest BCUT2D eigenvalue weighted by molar-refractivity contribution is -0.168. The number of rotatable bonds is 18. The van der Waals surface area contributed by atoms with Gasteiger partial charge in [-0.15, -0.1) is 0 Å². The molecule has 3 aromatic carbocycles. The van der Waals surface area contributed by atoms with Gasteiger partial charge in [0.15, 0.2) is 5.76 Å². The van der Waals surface area contributed by atoms with E-state index in [1.165, 1.54) is 22.3 Å². The van der Waals surface area contributed by atoms with Gasteiger partial charge < -0.3 is 40.4 Å². The third kappa shape index (κ3) is 9.02. The molecular formula is C38H47N3O7. The number of hydrogen-bond acceptors (Lipinski definition) is 8. The number of para-hydroxylation sites is 2. The molecule has 10 heteroatoms. The van der Waals surface area contributed by atoms with E-state index in [2.05, 4.69) is 53.1 Å². The lowest BCUT2D eigenvalue weighted by Crippen LogP contribution is -2.39. The highest BCUT2D eigenvalue weighted by Crippen LogP contribution is 2.45. The Balaban J connectivity index is 1.27. The van der Waals surface area contributed by atoms with E-state index in [1.54, 1.807) is 12.1 Å². The minimum Gasteiger partial charge on any atom is -0.459 e. The van der Waals surface area contributed by atoms with Gasteiger partial charge in [0, 0.05) is 38.0 Å². The lowest BCUT2D eigenvalue weighted by Gasteiger charge is -2.37. The number of aliphatic hydroxyl groups is 1. The van der Waals surface area contributed by atoms with Crippen molar-refractivity contribution in [2.75, 3.05) is 57.2 Å². The Labute approximate surface area is 282 Å². The number of fused-ring (bicyclic) bond motifs is 3. The Morgan fingerprint density at radius 2 is 1.71 bits per heavy atom. The first kappa shape index (κ1) is 35.1. The van der Waals surface area contributed by atoms with Gasteiger partial charge in [-0.1, -0.05) is 54.6 Å². The van der Waals surface area contributed by atoms with Gasteiger partial charge >= 0.3 is 0 Å². The number of carbonyl (C=O) groups is 2. The van der Waals surface area contributed by atoms with Gasteiger partial charge in [-0.3, -0.25) is 9.59 Å². The summed E-state index contributed by atoms with van der Waals surface area (Å²) in [6.45, 7) is 4.29. The van der Waals surface area contributed by atoms with E-state index >= 15 is 0 Å². The summed E-state index contributed by atoms with van der Waals surface area (Å²) in [6.07, 6.45) is 4.31. The Morgan fingerprint density at radius 1 is 0.938 bits per heavy atom. The van der Waals surface area contributed by atoms with E-state index in [0.717, 1.165) is 12.0 Å². The van der Waals surface area contributed by atoms with Crippen molar-refractivity contribution in [2.45, 2.75) is 51.2 Å². The molecule has 0 unspecified atom stereocenters. The number of hydrogen-bond donors (Lipinski definition) is 4. The van der Waals surface area contributed by atoms with Gasteiger partial charge in [0.05, 0.1) is 37.8 Å². The summed E-state index contributed by atoms with van der Waals surface area (Å²) in [5, 5.41) is 14.8. The van der Waals surface area contributed by atoms with Crippen molar-refractivity contribution in [3.63, 3.8) is 0 Å². The zero-order valence-corrected chi connectivity index (χ0v) is 27.6. The second kappa shape index (κ2) is 17.8. The quantitative estimate of drug-likeness (QED) is 0.0850. The van der Waals surface area contributed by atoms with Crippen LogP contribution in [0, 0.1) is 5.92 Å². The zero-order valence-electron chi connectivity index (χ0n) is 27.6. The summed E-state index contributed by atoms with van der Waals surface area (Å²) >= 11 is 0. The number of unbranched alkanes of at least 4 members (excludes halogenated alkanes) is 1. The number of carbonyl (C=O) groups excluding carboxylic acids is 2. The topological polar surface area (TPSA) is 141 Å². The van der Waals surface area contributed by atoms with Gasteiger partial charge in [0.1, 0.15) is 0 Å². The summed E-state index contributed by atoms with van der Waals surface area (Å²) < 4.78 is 23.6. The number of benzene rings is 3. The van der Waals surface area contributed by atoms with Crippen LogP contribution in [0.5, 0.6) is 0 Å². The van der Waals surface area contributed by atoms with Crippen LogP contribution in [0.25, 0.3) is 11.1 Å². The van der Waals surface area contributed by atoms with Gasteiger partial charge in [-0.2, -0.15) is 0 Å². The van der Waals surface area contributed by atoms with Crippen LogP contribution in [0.1, 0.15) is 55.2 Å². The Kier molecular flexibility index (Phi) is 13.0. The van der Waals surface area contributed by atoms with Crippen LogP contribution in [0.2, 0.25) is 0 Å². The van der Waals surface area contributed by atoms with Crippen molar-refractivity contribution < 1.29 is 33.6 Å². The molecule has 2 aliphatic rings. The van der Waals surface area contributed by atoms with Crippen LogP contribution >= 0.6 is 0 Å². The number of amides is 2. The maximum Gasteiger partial charge on any atom is 0.286 e. The molecule has 0 saturated carbocycles. The molecular weight excluding hydrogens is 610 g/mol. The fraction of sp³-hybridized carbons (Fsp3) is 0.421. The van der Waals surface area contributed by atoms with E-state index in [4.69, 9.17) is 29.8 Å². The number of nitrogens with one attached hydrogen (secondary N) is 2. The first-order valence-corrected chi connectivity index (χ1v) is 16.9. The molecule has 5 N–H and O–H groups in total. The van der Waals surface area contributed by atoms with Crippen molar-refractivity contribution in [2.24, 2.45) is 5.92 Å². The highest BCUT2D eigenvalue weighted by atomic mass is 16.7. The summed E-state index contributed by atoms with van der Waals surface area (Å²) in [7, 11) is 0. The average Bonchev–Trinajstić information content (AvgIpc) is 3.48. The summed E-state index contributed by atoms with van der Waals surface area (Å²) in [5.41, 5.74) is 13.2. The fourth-order valence-corrected chi connectivity index (χ4v) is 6.42. The maximum atomic E-state index is 13.5. The number of allylic oxidation sites excluding steroid dienone is 1. The first-order valence-electron chi connectivity index (χ1n) is 16.9. The summed E-state index contributed by atoms with van der Waals surface area (Å²) in [5.74, 6) is -0.447. The van der Waals surface area contributed by atoms with Crippen LogP contribution in [0.15, 0.2) is 78.6 Å². The molecule has 3 atom stereocenters. The molecule has 5 rings (SSSR count). The highest BCUT2D eigenvalue weighted by Gasteiger charge is 2.39. The summed E-state index contributed by atoms with van der Waals surface area (Å²) in [6, 6.07) is 22.0. The number of nitrogens with two attached hydrogens (primary N) is 1. The van der Waals surface area contributed by atoms with Crippen LogP contribution in [0.3, 0.4) is 0 Å². The molecule has 3 aromatic rings. The number of aliphatic hydroxyl groups excluding tert-OH is 1. The van der Waals surface area contributed by atoms with E-state index < -0.39 is 6.29 Å². The van der Waals surface area contributed by atoms with Crippen molar-refractivity contribution in [1.82, 2.24) is 5.32 Å². The Bertz CT molecular complexity index is 1560. The molecule has 0 spiro atoms. The molecule has 0 fully saturated rings. The normalized spacial score (nSPS) is 18.0. The third-order valence-electron chi connectivity index (χ3n) is 8.74. The average molecular weight is 658 g/mol. The molecule has 0 bridgehead atoms. The molecule has 48 heavy (non-hydrogen) atoms. The molecule has 256 valence electrons. The van der Waals surface area contributed by atoms with Crippen molar-refractivity contribution in [3.8, 4) is 11.1 Å². The highest BCUT2D eigenvalue weighted by molar-refractivity contribution is 5.94. The Hall–Kier alpha value is -4.22. The molecule has 0 saturated heterocycles. The summed E-state index contributed by atoms with van der Waals surface area (Å²) in [4.78, 5) is 25.9. The lowest BCUT2D eigenvalue weighted by atomic mass is 9.78. The number of nitrogen functional groups attached to an aromatic ring is 1. The van der Waals surface area contributed by atoms with Crippen LogP contribution in [-0.2, 0) is 35.0 Å². The van der Waals surface area contributed by atoms with Gasteiger partial charge in [0.25, 0.3) is 5.91 Å². The molecule has 2 amide bonds. The van der Waals surface area contributed by atoms with E-state index in [-0.39, 0.29) is 42.6 Å². The third-order valence-corrected chi connectivity index (χ3v) is 8.74. The molecule has 10 nitrogen and oxygen atoms in total. The number of ether oxygens (including phenoxy) is 4. The Morgan fingerprint density at radius 3 is 2.52 bits per heavy atom. The predicted octanol–water partition coefficient (Wildman–Crippen LogP) is 5.16. The van der Waals surface area contributed by atoms with Gasteiger partial charge in [-0.25, -0.2) is 0 Å². The fourth-order valence-electron chi connectivity index (χ4n) is 6.42. The van der Waals surface area contributed by atoms with Gasteiger partial charge in [0.2, 0.25) is 12.2 Å². The monoisotopic (exact) mass is 657 g/mol. The second-order valence-corrected chi connectivity index (χ2v) is 12.0. The van der Waals surface area contributed by atoms with Gasteiger partial charge in [-0.05, 0) is 78.6 Å². The van der Waals surface area contributed by atoms with E-state index in [9.17, 15) is 9.59 Å². The first-order chi connectivity index (χ1) is 23.5. The smallest absolute Gasteiger partial charge is 0.286 e. The van der Waals surface area contributed by atoms with Crippen molar-refractivity contribution >= 4 is 23.2 Å². The van der Waals surface area contributed by atoms with E-state index in [0.29, 0.717) is 70.0 Å². The van der Waals surface area contributed by atoms with Crippen molar-refractivity contribution in [1.29, 1.82) is 0 Å². The molecule has 1 aliphatic carbocycles.